The summed E-state index contributed by atoms with van der Waals surface area (Å²) in [5.74, 6) is 0.360. The Morgan fingerprint density at radius 1 is 1.15 bits per heavy atom. The average molecular weight is 591 g/mol. The Morgan fingerprint density at radius 3 is 2.83 bits per heavy atom. The highest BCUT2D eigenvalue weighted by atomic mass is 35.5. The number of rotatable bonds is 10. The molecule has 1 N–H and O–H groups in total. The number of fused-ring (bicyclic) bond motifs is 1. The fraction of sp³-hybridized carbons (Fsp3) is 0.107. The largest absolute Gasteiger partial charge is 0.482 e. The Hall–Kier alpha value is -4.30. The lowest BCUT2D eigenvalue weighted by molar-refractivity contribution is -0.118. The number of carbonyl (C=O) groups excluding carboxylic acids is 1. The topological polar surface area (TPSA) is 118 Å². The maximum atomic E-state index is 12.3. The summed E-state index contributed by atoms with van der Waals surface area (Å²) in [5.41, 5.74) is 5.90. The van der Waals surface area contributed by atoms with Crippen LogP contribution in [-0.2, 0) is 17.9 Å². The molecule has 2 aromatic heterocycles. The molecule has 12 heteroatoms. The molecule has 0 unspecified atom stereocenters. The number of hydrogen-bond donors (Lipinski definition) is 1. The molecule has 40 heavy (non-hydrogen) atoms. The SMILES string of the molecule is N#Cc1ccccc1Cn1cc(/C=N\NC(=O)CSc2nnc(COc3ccc(Cl)cc3Cl)o2)c2ccccc21. The molecular weight excluding hydrogens is 571 g/mol. The van der Waals surface area contributed by atoms with Gasteiger partial charge in [-0.25, -0.2) is 5.43 Å². The number of amides is 1. The summed E-state index contributed by atoms with van der Waals surface area (Å²) in [5, 5.41) is 23.5. The zero-order chi connectivity index (χ0) is 27.9. The molecule has 0 aliphatic carbocycles. The molecule has 9 nitrogen and oxygen atoms in total. The van der Waals surface area contributed by atoms with Crippen molar-refractivity contribution in [3.8, 4) is 11.8 Å². The number of carbonyl (C=O) groups is 1. The van der Waals surface area contributed by atoms with Crippen molar-refractivity contribution >= 4 is 58.0 Å². The molecule has 0 radical (unpaired) electrons. The molecule has 0 spiro atoms. The molecule has 2 heterocycles. The number of aromatic nitrogens is 3. The van der Waals surface area contributed by atoms with Gasteiger partial charge in [-0.05, 0) is 35.9 Å². The molecule has 0 aliphatic rings. The highest BCUT2D eigenvalue weighted by molar-refractivity contribution is 7.99. The summed E-state index contributed by atoms with van der Waals surface area (Å²) in [4.78, 5) is 12.3. The molecule has 5 aromatic rings. The van der Waals surface area contributed by atoms with E-state index in [1.165, 1.54) is 0 Å². The van der Waals surface area contributed by atoms with E-state index in [0.717, 1.165) is 33.8 Å². The van der Waals surface area contributed by atoms with Gasteiger partial charge < -0.3 is 13.7 Å². The minimum absolute atomic E-state index is 0.0150. The standard InChI is InChI=1S/C28H20Cl2N6O3S/c29-21-9-10-25(23(30)11-21)38-16-27-34-35-28(39-27)40-17-26(37)33-32-13-20-15-36(24-8-4-3-7-22(20)24)14-19-6-2-1-5-18(19)12-31/h1-11,13,15H,14,16-17H2,(H,33,37)/b32-13-. The number of benzene rings is 3. The van der Waals surface area contributed by atoms with Crippen LogP contribution in [0.3, 0.4) is 0 Å². The number of hydrogen-bond acceptors (Lipinski definition) is 8. The molecule has 0 atom stereocenters. The van der Waals surface area contributed by atoms with Gasteiger partial charge in [-0.15, -0.1) is 10.2 Å². The van der Waals surface area contributed by atoms with Gasteiger partial charge in [-0.3, -0.25) is 4.79 Å². The number of nitrogens with zero attached hydrogens (tertiary/aromatic N) is 5. The lowest BCUT2D eigenvalue weighted by Gasteiger charge is -2.07. The Bertz CT molecular complexity index is 1740. The number of hydrazone groups is 1. The van der Waals surface area contributed by atoms with Gasteiger partial charge in [0.2, 0.25) is 0 Å². The van der Waals surface area contributed by atoms with Crippen LogP contribution in [0.1, 0.15) is 22.6 Å². The van der Waals surface area contributed by atoms with Gasteiger partial charge in [-0.2, -0.15) is 10.4 Å². The van der Waals surface area contributed by atoms with Gasteiger partial charge in [0.25, 0.3) is 17.0 Å². The van der Waals surface area contributed by atoms with E-state index in [1.54, 1.807) is 30.5 Å². The van der Waals surface area contributed by atoms with Crippen molar-refractivity contribution in [1.29, 1.82) is 5.26 Å². The third kappa shape index (κ3) is 6.63. The van der Waals surface area contributed by atoms with Gasteiger partial charge in [0.15, 0.2) is 6.61 Å². The Labute approximate surface area is 243 Å². The minimum atomic E-state index is -0.336. The van der Waals surface area contributed by atoms with Gasteiger partial charge in [0.1, 0.15) is 5.75 Å². The molecule has 200 valence electrons. The van der Waals surface area contributed by atoms with E-state index in [2.05, 4.69) is 31.4 Å². The third-order valence-electron chi connectivity index (χ3n) is 5.71. The van der Waals surface area contributed by atoms with E-state index in [1.807, 2.05) is 48.7 Å². The second-order valence-corrected chi connectivity index (χ2v) is 10.2. The van der Waals surface area contributed by atoms with E-state index in [0.29, 0.717) is 27.9 Å². The van der Waals surface area contributed by atoms with E-state index in [-0.39, 0.29) is 29.4 Å². The first-order valence-electron chi connectivity index (χ1n) is 11.9. The average Bonchev–Trinajstić information content (AvgIpc) is 3.56. The normalized spacial score (nSPS) is 11.1. The first kappa shape index (κ1) is 27.3. The third-order valence-corrected chi connectivity index (χ3v) is 7.06. The molecule has 0 fully saturated rings. The zero-order valence-electron chi connectivity index (χ0n) is 20.8. The van der Waals surface area contributed by atoms with Crippen LogP contribution in [-0.4, -0.2) is 32.6 Å². The van der Waals surface area contributed by atoms with Crippen molar-refractivity contribution in [3.05, 3.63) is 106 Å². The molecule has 5 rings (SSSR count). The minimum Gasteiger partial charge on any atom is -0.482 e. The number of para-hydroxylation sites is 1. The molecule has 0 aliphatic heterocycles. The zero-order valence-corrected chi connectivity index (χ0v) is 23.1. The highest BCUT2D eigenvalue weighted by Gasteiger charge is 2.12. The molecule has 1 amide bonds. The summed E-state index contributed by atoms with van der Waals surface area (Å²) in [7, 11) is 0. The quantitative estimate of drug-likeness (QED) is 0.119. The van der Waals surface area contributed by atoms with E-state index in [9.17, 15) is 10.1 Å². The molecular formula is C28H20Cl2N6O3S. The predicted molar refractivity (Wildman–Crippen MR) is 154 cm³/mol. The Morgan fingerprint density at radius 2 is 1.98 bits per heavy atom. The van der Waals surface area contributed by atoms with Crippen LogP contribution in [0.2, 0.25) is 10.0 Å². The van der Waals surface area contributed by atoms with Gasteiger partial charge >= 0.3 is 0 Å². The first-order valence-corrected chi connectivity index (χ1v) is 13.6. The second-order valence-electron chi connectivity index (χ2n) is 8.41. The Kier molecular flexibility index (Phi) is 8.66. The van der Waals surface area contributed by atoms with Crippen LogP contribution in [0.25, 0.3) is 10.9 Å². The number of halogens is 2. The lowest BCUT2D eigenvalue weighted by Crippen LogP contribution is -2.19. The maximum absolute atomic E-state index is 12.3. The summed E-state index contributed by atoms with van der Waals surface area (Å²) in [6.07, 6.45) is 3.55. The van der Waals surface area contributed by atoms with Crippen LogP contribution >= 0.6 is 35.0 Å². The fourth-order valence-corrected chi connectivity index (χ4v) is 4.92. The summed E-state index contributed by atoms with van der Waals surface area (Å²) in [6.45, 7) is 0.548. The van der Waals surface area contributed by atoms with Crippen molar-refractivity contribution in [3.63, 3.8) is 0 Å². The van der Waals surface area contributed by atoms with Crippen molar-refractivity contribution < 1.29 is 13.9 Å². The number of thioether (sulfide) groups is 1. The number of nitriles is 1. The van der Waals surface area contributed by atoms with Crippen LogP contribution in [0.15, 0.2) is 87.7 Å². The van der Waals surface area contributed by atoms with Crippen LogP contribution in [0.4, 0.5) is 0 Å². The smallest absolute Gasteiger partial charge is 0.277 e. The van der Waals surface area contributed by atoms with E-state index in [4.69, 9.17) is 32.4 Å². The van der Waals surface area contributed by atoms with Crippen molar-refractivity contribution in [2.24, 2.45) is 5.10 Å². The van der Waals surface area contributed by atoms with Gasteiger partial charge in [0, 0.05) is 34.2 Å². The monoisotopic (exact) mass is 590 g/mol. The van der Waals surface area contributed by atoms with Crippen molar-refractivity contribution in [2.45, 2.75) is 18.4 Å². The van der Waals surface area contributed by atoms with E-state index < -0.39 is 0 Å². The molecule has 0 saturated carbocycles. The van der Waals surface area contributed by atoms with E-state index >= 15 is 0 Å². The summed E-state index contributed by atoms with van der Waals surface area (Å²) in [6, 6.07) is 22.5. The second kappa shape index (κ2) is 12.7. The van der Waals surface area contributed by atoms with Crippen LogP contribution < -0.4 is 10.2 Å². The van der Waals surface area contributed by atoms with Crippen LogP contribution in [0.5, 0.6) is 5.75 Å². The molecule has 3 aromatic carbocycles. The van der Waals surface area contributed by atoms with Crippen LogP contribution in [0, 0.1) is 11.3 Å². The fourth-order valence-electron chi connectivity index (χ4n) is 3.88. The molecule has 0 bridgehead atoms. The van der Waals surface area contributed by atoms with Gasteiger partial charge in [0.05, 0.1) is 28.6 Å². The highest BCUT2D eigenvalue weighted by Crippen LogP contribution is 2.28. The summed E-state index contributed by atoms with van der Waals surface area (Å²) >= 11 is 13.1. The van der Waals surface area contributed by atoms with Crippen molar-refractivity contribution in [2.75, 3.05) is 5.75 Å². The predicted octanol–water partition coefficient (Wildman–Crippen LogP) is 6.07. The number of nitrogens with one attached hydrogen (secondary N) is 1. The number of ether oxygens (including phenoxy) is 1. The maximum Gasteiger partial charge on any atom is 0.277 e. The molecule has 0 saturated heterocycles. The lowest BCUT2D eigenvalue weighted by atomic mass is 10.1. The Balaban J connectivity index is 1.16. The van der Waals surface area contributed by atoms with Gasteiger partial charge in [-0.1, -0.05) is 71.4 Å². The summed E-state index contributed by atoms with van der Waals surface area (Å²) < 4.78 is 13.2. The first-order chi connectivity index (χ1) is 19.5. The van der Waals surface area contributed by atoms with Crippen molar-refractivity contribution in [1.82, 2.24) is 20.2 Å².